The first kappa shape index (κ1) is 11.1. The number of aryl methyl sites for hydroxylation is 1. The number of nitrogens with one attached hydrogen (secondary N) is 1. The van der Waals surface area contributed by atoms with Crippen molar-refractivity contribution in [3.63, 3.8) is 0 Å². The Kier molecular flexibility index (Phi) is 3.21. The molecule has 0 saturated heterocycles. The molecule has 0 radical (unpaired) electrons. The summed E-state index contributed by atoms with van der Waals surface area (Å²) in [6.07, 6.45) is 0. The number of hydrogen-bond donors (Lipinski definition) is 2. The number of carbonyl (C=O) groups is 1. The van der Waals surface area contributed by atoms with Crippen LogP contribution in [0, 0.1) is 6.92 Å². The van der Waals surface area contributed by atoms with Gasteiger partial charge < -0.3 is 10.4 Å². The summed E-state index contributed by atoms with van der Waals surface area (Å²) in [5.41, 5.74) is 0.938. The number of carboxylic acid groups (broad SMARTS) is 1. The van der Waals surface area contributed by atoms with Crippen molar-refractivity contribution < 1.29 is 9.90 Å². The lowest BCUT2D eigenvalue weighted by Crippen LogP contribution is -2.11. The lowest BCUT2D eigenvalue weighted by Gasteiger charge is -1.95. The maximum atomic E-state index is 10.4. The van der Waals surface area contributed by atoms with Gasteiger partial charge in [0.1, 0.15) is 6.54 Å². The molecule has 0 aliphatic carbocycles. The minimum absolute atomic E-state index is 0.100. The van der Waals surface area contributed by atoms with Crippen LogP contribution in [0.4, 0.5) is 5.13 Å². The predicted molar refractivity (Wildman–Crippen MR) is 66.3 cm³/mol. The fourth-order valence-corrected chi connectivity index (χ4v) is 2.92. The Labute approximate surface area is 101 Å². The number of nitrogens with zero attached hydrogens (tertiary/aromatic N) is 1. The van der Waals surface area contributed by atoms with E-state index in [4.69, 9.17) is 5.11 Å². The van der Waals surface area contributed by atoms with Gasteiger partial charge in [0, 0.05) is 4.88 Å². The second-order valence-electron chi connectivity index (χ2n) is 3.15. The van der Waals surface area contributed by atoms with E-state index in [1.54, 1.807) is 11.3 Å². The summed E-state index contributed by atoms with van der Waals surface area (Å²) in [5, 5.41) is 14.0. The smallest absolute Gasteiger partial charge is 0.322 e. The van der Waals surface area contributed by atoms with Crippen molar-refractivity contribution in [3.05, 3.63) is 22.4 Å². The lowest BCUT2D eigenvalue weighted by molar-refractivity contribution is -0.134. The molecule has 2 rings (SSSR count). The van der Waals surface area contributed by atoms with Gasteiger partial charge in [0.05, 0.1) is 10.6 Å². The van der Waals surface area contributed by atoms with E-state index >= 15 is 0 Å². The second kappa shape index (κ2) is 4.63. The molecule has 0 aliphatic heterocycles. The van der Waals surface area contributed by atoms with Crippen LogP contribution < -0.4 is 5.32 Å². The topological polar surface area (TPSA) is 62.2 Å². The Morgan fingerprint density at radius 1 is 1.62 bits per heavy atom. The van der Waals surface area contributed by atoms with Crippen molar-refractivity contribution in [1.29, 1.82) is 0 Å². The van der Waals surface area contributed by atoms with E-state index in [0.717, 1.165) is 15.4 Å². The van der Waals surface area contributed by atoms with Crippen molar-refractivity contribution in [2.45, 2.75) is 6.92 Å². The van der Waals surface area contributed by atoms with Crippen LogP contribution in [-0.2, 0) is 4.79 Å². The van der Waals surface area contributed by atoms with E-state index in [-0.39, 0.29) is 6.54 Å². The van der Waals surface area contributed by atoms with Gasteiger partial charge in [-0.3, -0.25) is 4.79 Å². The molecule has 0 saturated carbocycles. The maximum Gasteiger partial charge on any atom is 0.322 e. The first-order valence-corrected chi connectivity index (χ1v) is 6.33. The summed E-state index contributed by atoms with van der Waals surface area (Å²) in [7, 11) is 0. The van der Waals surface area contributed by atoms with Crippen LogP contribution in [0.5, 0.6) is 0 Å². The minimum Gasteiger partial charge on any atom is -0.480 e. The highest BCUT2D eigenvalue weighted by Gasteiger charge is 2.10. The summed E-state index contributed by atoms with van der Waals surface area (Å²) < 4.78 is 0. The molecular formula is C10H10N2O2S2. The molecule has 0 aromatic carbocycles. The van der Waals surface area contributed by atoms with E-state index in [1.807, 2.05) is 24.4 Å². The number of thiazole rings is 1. The molecular weight excluding hydrogens is 244 g/mol. The Hall–Kier alpha value is -1.40. The molecule has 16 heavy (non-hydrogen) atoms. The molecule has 2 aromatic heterocycles. The summed E-state index contributed by atoms with van der Waals surface area (Å²) in [6.45, 7) is 1.88. The van der Waals surface area contributed by atoms with Gasteiger partial charge in [-0.15, -0.1) is 22.7 Å². The number of hydrogen-bond acceptors (Lipinski definition) is 5. The van der Waals surface area contributed by atoms with Crippen LogP contribution in [-0.4, -0.2) is 22.6 Å². The minimum atomic E-state index is -0.884. The Bertz CT molecular complexity index is 491. The Morgan fingerprint density at radius 2 is 2.44 bits per heavy atom. The van der Waals surface area contributed by atoms with Gasteiger partial charge in [0.2, 0.25) is 0 Å². The van der Waals surface area contributed by atoms with Crippen molar-refractivity contribution in [2.75, 3.05) is 11.9 Å². The molecule has 0 bridgehead atoms. The van der Waals surface area contributed by atoms with Gasteiger partial charge in [0.25, 0.3) is 0 Å². The zero-order valence-corrected chi connectivity index (χ0v) is 10.2. The van der Waals surface area contributed by atoms with E-state index in [0.29, 0.717) is 5.13 Å². The third-order valence-corrected chi connectivity index (χ3v) is 3.75. The number of aromatic nitrogens is 1. The fraction of sp³-hybridized carbons (Fsp3) is 0.200. The van der Waals surface area contributed by atoms with Crippen molar-refractivity contribution in [1.82, 2.24) is 4.98 Å². The molecule has 0 spiro atoms. The molecule has 6 heteroatoms. The number of aliphatic carboxylic acids is 1. The molecule has 84 valence electrons. The average molecular weight is 254 g/mol. The third-order valence-electron chi connectivity index (χ3n) is 1.94. The standard InChI is InChI=1S/C10H10N2O2S2/c1-6-9(7-3-2-4-15-7)12-10(16-6)11-5-8(13)14/h2-4H,5H2,1H3,(H,11,12)(H,13,14). The Balaban J connectivity index is 2.19. The summed E-state index contributed by atoms with van der Waals surface area (Å²) in [5.74, 6) is -0.884. The zero-order valence-electron chi connectivity index (χ0n) is 8.56. The highest BCUT2D eigenvalue weighted by Crippen LogP contribution is 2.32. The zero-order chi connectivity index (χ0) is 11.5. The quantitative estimate of drug-likeness (QED) is 0.880. The van der Waals surface area contributed by atoms with Gasteiger partial charge in [-0.1, -0.05) is 6.07 Å². The van der Waals surface area contributed by atoms with Crippen LogP contribution in [0.3, 0.4) is 0 Å². The molecule has 0 atom stereocenters. The van der Waals surface area contributed by atoms with Crippen LogP contribution in [0.15, 0.2) is 17.5 Å². The summed E-state index contributed by atoms with van der Waals surface area (Å²) in [4.78, 5) is 17.0. The normalized spacial score (nSPS) is 10.3. The third kappa shape index (κ3) is 2.40. The van der Waals surface area contributed by atoms with Gasteiger partial charge in [-0.25, -0.2) is 4.98 Å². The predicted octanol–water partition coefficient (Wildman–Crippen LogP) is 2.68. The van der Waals surface area contributed by atoms with Crippen LogP contribution in [0.1, 0.15) is 4.88 Å². The molecule has 0 aliphatic rings. The van der Waals surface area contributed by atoms with E-state index < -0.39 is 5.97 Å². The summed E-state index contributed by atoms with van der Waals surface area (Å²) >= 11 is 3.10. The number of rotatable bonds is 4. The van der Waals surface area contributed by atoms with E-state index in [9.17, 15) is 4.79 Å². The first-order valence-electron chi connectivity index (χ1n) is 4.64. The number of thiophene rings is 1. The first-order chi connectivity index (χ1) is 7.66. The van der Waals surface area contributed by atoms with Gasteiger partial charge in [-0.05, 0) is 18.4 Å². The van der Waals surface area contributed by atoms with Crippen LogP contribution in [0.2, 0.25) is 0 Å². The van der Waals surface area contributed by atoms with Gasteiger partial charge in [0.15, 0.2) is 5.13 Å². The average Bonchev–Trinajstić information content (AvgIpc) is 2.83. The highest BCUT2D eigenvalue weighted by atomic mass is 32.1. The molecule has 0 unspecified atom stereocenters. The molecule has 2 N–H and O–H groups in total. The second-order valence-corrected chi connectivity index (χ2v) is 5.30. The van der Waals surface area contributed by atoms with Crippen molar-refractivity contribution >= 4 is 33.8 Å². The lowest BCUT2D eigenvalue weighted by atomic mass is 10.3. The summed E-state index contributed by atoms with van der Waals surface area (Å²) in [6, 6.07) is 3.98. The van der Waals surface area contributed by atoms with Crippen LogP contribution in [0.25, 0.3) is 10.6 Å². The molecule has 2 aromatic rings. The molecule has 0 amide bonds. The van der Waals surface area contributed by atoms with E-state index in [1.165, 1.54) is 11.3 Å². The number of anilines is 1. The molecule has 4 nitrogen and oxygen atoms in total. The van der Waals surface area contributed by atoms with Crippen molar-refractivity contribution in [2.24, 2.45) is 0 Å². The molecule has 2 heterocycles. The van der Waals surface area contributed by atoms with Crippen LogP contribution >= 0.6 is 22.7 Å². The largest absolute Gasteiger partial charge is 0.480 e. The van der Waals surface area contributed by atoms with E-state index in [2.05, 4.69) is 10.3 Å². The Morgan fingerprint density at radius 3 is 3.06 bits per heavy atom. The molecule has 0 fully saturated rings. The monoisotopic (exact) mass is 254 g/mol. The number of carboxylic acids is 1. The van der Waals surface area contributed by atoms with Gasteiger partial charge in [-0.2, -0.15) is 0 Å². The fourth-order valence-electron chi connectivity index (χ4n) is 1.27. The SMILES string of the molecule is Cc1sc(NCC(=O)O)nc1-c1cccs1. The maximum absolute atomic E-state index is 10.4. The van der Waals surface area contributed by atoms with Gasteiger partial charge >= 0.3 is 5.97 Å². The highest BCUT2D eigenvalue weighted by molar-refractivity contribution is 7.17. The van der Waals surface area contributed by atoms with Crippen molar-refractivity contribution in [3.8, 4) is 10.6 Å².